The van der Waals surface area contributed by atoms with Crippen molar-refractivity contribution in [1.29, 1.82) is 0 Å². The fraction of sp³-hybridized carbons (Fsp3) is 0.600. The first-order valence-corrected chi connectivity index (χ1v) is 6.69. The van der Waals surface area contributed by atoms with Gasteiger partial charge in [-0.25, -0.2) is 0 Å². The Morgan fingerprint density at radius 2 is 1.83 bits per heavy atom. The SMILES string of the molecule is Cc1cc(CN2CCN(C)CC2C)cc(C)c1O. The summed E-state index contributed by atoms with van der Waals surface area (Å²) in [6, 6.07) is 4.80. The molecule has 1 heterocycles. The zero-order chi connectivity index (χ0) is 13.3. The van der Waals surface area contributed by atoms with Gasteiger partial charge in [-0.3, -0.25) is 4.90 Å². The summed E-state index contributed by atoms with van der Waals surface area (Å²) in [6.07, 6.45) is 0. The maximum Gasteiger partial charge on any atom is 0.121 e. The van der Waals surface area contributed by atoms with Crippen LogP contribution < -0.4 is 0 Å². The highest BCUT2D eigenvalue weighted by molar-refractivity contribution is 5.42. The minimum absolute atomic E-state index is 0.435. The Labute approximate surface area is 110 Å². The van der Waals surface area contributed by atoms with Crippen molar-refractivity contribution in [2.45, 2.75) is 33.4 Å². The van der Waals surface area contributed by atoms with Gasteiger partial charge in [-0.05, 0) is 44.5 Å². The van der Waals surface area contributed by atoms with E-state index in [0.717, 1.165) is 37.3 Å². The molecule has 0 saturated carbocycles. The van der Waals surface area contributed by atoms with Crippen LogP contribution in [0.4, 0.5) is 0 Å². The number of phenols is 1. The molecule has 3 heteroatoms. The summed E-state index contributed by atoms with van der Waals surface area (Å²) in [4.78, 5) is 4.90. The van der Waals surface area contributed by atoms with Crippen molar-refractivity contribution in [3.05, 3.63) is 28.8 Å². The molecule has 18 heavy (non-hydrogen) atoms. The topological polar surface area (TPSA) is 26.7 Å². The predicted molar refractivity (Wildman–Crippen MR) is 74.9 cm³/mol. The lowest BCUT2D eigenvalue weighted by molar-refractivity contribution is 0.0938. The average Bonchev–Trinajstić information content (AvgIpc) is 2.29. The van der Waals surface area contributed by atoms with Gasteiger partial charge in [0.1, 0.15) is 5.75 Å². The van der Waals surface area contributed by atoms with E-state index in [-0.39, 0.29) is 0 Å². The molecule has 1 saturated heterocycles. The fourth-order valence-electron chi connectivity index (χ4n) is 2.78. The number of hydrogen-bond acceptors (Lipinski definition) is 3. The standard InChI is InChI=1S/C15H24N2O/c1-11-7-14(8-12(2)15(11)18)10-17-6-5-16(4)9-13(17)3/h7-8,13,18H,5-6,9-10H2,1-4H3. The first-order valence-electron chi connectivity index (χ1n) is 6.69. The van der Waals surface area contributed by atoms with E-state index in [0.29, 0.717) is 11.8 Å². The molecule has 0 aromatic heterocycles. The van der Waals surface area contributed by atoms with E-state index in [1.54, 1.807) is 0 Å². The van der Waals surface area contributed by atoms with E-state index in [4.69, 9.17) is 0 Å². The number of benzene rings is 1. The third kappa shape index (κ3) is 2.85. The maximum atomic E-state index is 9.80. The molecule has 1 N–H and O–H groups in total. The van der Waals surface area contributed by atoms with Crippen molar-refractivity contribution in [2.24, 2.45) is 0 Å². The van der Waals surface area contributed by atoms with Crippen LogP contribution in [0.5, 0.6) is 5.75 Å². The molecule has 1 aliphatic heterocycles. The van der Waals surface area contributed by atoms with Gasteiger partial charge in [0.25, 0.3) is 0 Å². The van der Waals surface area contributed by atoms with Crippen LogP contribution in [0.25, 0.3) is 0 Å². The largest absolute Gasteiger partial charge is 0.507 e. The monoisotopic (exact) mass is 248 g/mol. The number of likely N-dealkylation sites (N-methyl/N-ethyl adjacent to an activating group) is 1. The van der Waals surface area contributed by atoms with Gasteiger partial charge < -0.3 is 10.0 Å². The van der Waals surface area contributed by atoms with Crippen LogP contribution in [0, 0.1) is 13.8 Å². The molecule has 0 spiro atoms. The van der Waals surface area contributed by atoms with Gasteiger partial charge in [0.15, 0.2) is 0 Å². The number of rotatable bonds is 2. The molecule has 1 aliphatic rings. The minimum Gasteiger partial charge on any atom is -0.507 e. The average molecular weight is 248 g/mol. The van der Waals surface area contributed by atoms with Crippen molar-refractivity contribution in [2.75, 3.05) is 26.7 Å². The van der Waals surface area contributed by atoms with Crippen molar-refractivity contribution < 1.29 is 5.11 Å². The molecule has 0 aliphatic carbocycles. The van der Waals surface area contributed by atoms with Gasteiger partial charge in [0, 0.05) is 32.2 Å². The molecule has 1 aromatic rings. The lowest BCUT2D eigenvalue weighted by atomic mass is 10.0. The molecule has 1 aromatic carbocycles. The van der Waals surface area contributed by atoms with Crippen molar-refractivity contribution in [3.63, 3.8) is 0 Å². The van der Waals surface area contributed by atoms with E-state index in [2.05, 4.69) is 35.9 Å². The van der Waals surface area contributed by atoms with Crippen molar-refractivity contribution in [1.82, 2.24) is 9.80 Å². The fourth-order valence-corrected chi connectivity index (χ4v) is 2.78. The van der Waals surface area contributed by atoms with Crippen LogP contribution >= 0.6 is 0 Å². The molecule has 1 unspecified atom stereocenters. The Bertz CT molecular complexity index is 407. The lowest BCUT2D eigenvalue weighted by Crippen LogP contribution is -2.49. The third-order valence-electron chi connectivity index (χ3n) is 3.90. The highest BCUT2D eigenvalue weighted by Crippen LogP contribution is 2.24. The predicted octanol–water partition coefficient (Wildman–Crippen LogP) is 2.14. The zero-order valence-electron chi connectivity index (χ0n) is 11.9. The molecule has 0 bridgehead atoms. The number of phenolic OH excluding ortho intramolecular Hbond substituents is 1. The van der Waals surface area contributed by atoms with Gasteiger partial charge in [-0.15, -0.1) is 0 Å². The van der Waals surface area contributed by atoms with E-state index in [9.17, 15) is 5.11 Å². The lowest BCUT2D eigenvalue weighted by Gasteiger charge is -2.38. The number of hydrogen-bond donors (Lipinski definition) is 1. The second kappa shape index (κ2) is 5.29. The van der Waals surface area contributed by atoms with Crippen LogP contribution in [0.1, 0.15) is 23.6 Å². The van der Waals surface area contributed by atoms with E-state index < -0.39 is 0 Å². The van der Waals surface area contributed by atoms with Crippen molar-refractivity contribution >= 4 is 0 Å². The van der Waals surface area contributed by atoms with Crippen LogP contribution in [0.15, 0.2) is 12.1 Å². The van der Waals surface area contributed by atoms with Gasteiger partial charge in [0.2, 0.25) is 0 Å². The molecule has 0 amide bonds. The molecule has 1 atom stereocenters. The third-order valence-corrected chi connectivity index (χ3v) is 3.90. The van der Waals surface area contributed by atoms with E-state index >= 15 is 0 Å². The molecule has 100 valence electrons. The Morgan fingerprint density at radius 1 is 1.22 bits per heavy atom. The van der Waals surface area contributed by atoms with Gasteiger partial charge in [-0.1, -0.05) is 12.1 Å². The molecule has 3 nitrogen and oxygen atoms in total. The second-order valence-corrected chi connectivity index (χ2v) is 5.66. The van der Waals surface area contributed by atoms with Crippen LogP contribution in [-0.4, -0.2) is 47.6 Å². The molecular formula is C15H24N2O. The summed E-state index contributed by atoms with van der Waals surface area (Å²) in [5.41, 5.74) is 3.26. The summed E-state index contributed by atoms with van der Waals surface area (Å²) < 4.78 is 0. The Kier molecular flexibility index (Phi) is 3.93. The van der Waals surface area contributed by atoms with Gasteiger partial charge >= 0.3 is 0 Å². The van der Waals surface area contributed by atoms with Crippen molar-refractivity contribution in [3.8, 4) is 5.75 Å². The summed E-state index contributed by atoms with van der Waals surface area (Å²) in [7, 11) is 2.18. The summed E-state index contributed by atoms with van der Waals surface area (Å²) >= 11 is 0. The Balaban J connectivity index is 2.10. The summed E-state index contributed by atoms with van der Waals surface area (Å²) in [5.74, 6) is 0.435. The summed E-state index contributed by atoms with van der Waals surface area (Å²) in [6.45, 7) is 10.6. The smallest absolute Gasteiger partial charge is 0.121 e. The molecule has 0 radical (unpaired) electrons. The first kappa shape index (κ1) is 13.4. The molecule has 1 fully saturated rings. The van der Waals surface area contributed by atoms with E-state index in [1.807, 2.05) is 13.8 Å². The number of aromatic hydroxyl groups is 1. The number of piperazine rings is 1. The maximum absolute atomic E-state index is 9.80. The van der Waals surface area contributed by atoms with E-state index in [1.165, 1.54) is 5.56 Å². The van der Waals surface area contributed by atoms with Crippen LogP contribution in [-0.2, 0) is 6.54 Å². The van der Waals surface area contributed by atoms with Crippen LogP contribution in [0.3, 0.4) is 0 Å². The van der Waals surface area contributed by atoms with Gasteiger partial charge in [0.05, 0.1) is 0 Å². The normalized spacial score (nSPS) is 22.3. The Morgan fingerprint density at radius 3 is 2.39 bits per heavy atom. The summed E-state index contributed by atoms with van der Waals surface area (Å²) in [5, 5.41) is 9.80. The minimum atomic E-state index is 0.435. The number of nitrogens with zero attached hydrogens (tertiary/aromatic N) is 2. The highest BCUT2D eigenvalue weighted by Gasteiger charge is 2.21. The molecule has 2 rings (SSSR count). The first-order chi connectivity index (χ1) is 8.47. The number of aryl methyl sites for hydroxylation is 2. The van der Waals surface area contributed by atoms with Crippen LogP contribution in [0.2, 0.25) is 0 Å². The quantitative estimate of drug-likeness (QED) is 0.868. The molecular weight excluding hydrogens is 224 g/mol. The van der Waals surface area contributed by atoms with Gasteiger partial charge in [-0.2, -0.15) is 0 Å². The Hall–Kier alpha value is -1.06. The highest BCUT2D eigenvalue weighted by atomic mass is 16.3. The zero-order valence-corrected chi connectivity index (χ0v) is 11.9. The second-order valence-electron chi connectivity index (χ2n) is 5.66.